The number of halogens is 1. The van der Waals surface area contributed by atoms with Crippen LogP contribution in [-0.4, -0.2) is 42.1 Å². The molecule has 27 heavy (non-hydrogen) atoms. The quantitative estimate of drug-likeness (QED) is 0.606. The lowest BCUT2D eigenvalue weighted by Gasteiger charge is -2.15. The van der Waals surface area contributed by atoms with Crippen LogP contribution in [0.1, 0.15) is 6.92 Å². The van der Waals surface area contributed by atoms with Crippen LogP contribution in [0.5, 0.6) is 5.75 Å². The average Bonchev–Trinajstić information content (AvgIpc) is 3.04. The number of likely N-dealkylation sites (N-methyl/N-ethyl adjacent to an activating group) is 1. The van der Waals surface area contributed by atoms with Crippen molar-refractivity contribution in [1.82, 2.24) is 9.47 Å². The van der Waals surface area contributed by atoms with E-state index in [0.717, 1.165) is 34.2 Å². The van der Waals surface area contributed by atoms with E-state index in [4.69, 9.17) is 4.74 Å². The van der Waals surface area contributed by atoms with Gasteiger partial charge in [-0.2, -0.15) is 0 Å². The minimum absolute atomic E-state index is 0.177. The maximum absolute atomic E-state index is 12.4. The molecule has 0 aliphatic rings. The number of carbonyl (C=O) groups is 1. The zero-order valence-corrected chi connectivity index (χ0v) is 17.4. The number of hydrogen-bond donors (Lipinski definition) is 1. The Morgan fingerprint density at radius 2 is 1.93 bits per heavy atom. The van der Waals surface area contributed by atoms with Crippen LogP contribution in [0.4, 0.5) is 5.69 Å². The maximum Gasteiger partial charge on any atom is 0.265 e. The Morgan fingerprint density at radius 1 is 1.19 bits per heavy atom. The van der Waals surface area contributed by atoms with E-state index in [0.29, 0.717) is 5.75 Å². The highest BCUT2D eigenvalue weighted by atomic mass is 79.9. The summed E-state index contributed by atoms with van der Waals surface area (Å²) < 4.78 is 8.90. The monoisotopic (exact) mass is 429 g/mol. The lowest BCUT2D eigenvalue weighted by Crippen LogP contribution is -2.30. The minimum Gasteiger partial charge on any atom is -0.481 e. The predicted molar refractivity (Wildman–Crippen MR) is 113 cm³/mol. The summed E-state index contributed by atoms with van der Waals surface area (Å²) in [5, 5.41) is 4.04. The van der Waals surface area contributed by atoms with Gasteiger partial charge in [0.1, 0.15) is 5.75 Å². The third-order valence-electron chi connectivity index (χ3n) is 4.32. The van der Waals surface area contributed by atoms with E-state index in [1.807, 2.05) is 42.5 Å². The van der Waals surface area contributed by atoms with Gasteiger partial charge in [-0.15, -0.1) is 0 Å². The van der Waals surface area contributed by atoms with Crippen LogP contribution in [0.25, 0.3) is 10.9 Å². The molecule has 1 atom stereocenters. The van der Waals surface area contributed by atoms with Gasteiger partial charge in [0.2, 0.25) is 0 Å². The van der Waals surface area contributed by atoms with E-state index in [2.05, 4.69) is 57.1 Å². The fraction of sp³-hybridized carbons (Fsp3) is 0.286. The van der Waals surface area contributed by atoms with Gasteiger partial charge in [0.05, 0.1) is 0 Å². The van der Waals surface area contributed by atoms with Crippen molar-refractivity contribution >= 4 is 38.4 Å². The van der Waals surface area contributed by atoms with E-state index in [-0.39, 0.29) is 5.91 Å². The SMILES string of the molecule is CC(Oc1ccc(Br)cc1)C(=O)Nc1ccc2c(ccn2CCN(C)C)c1. The normalized spacial score (nSPS) is 12.3. The van der Waals surface area contributed by atoms with Gasteiger partial charge in [0.15, 0.2) is 6.10 Å². The van der Waals surface area contributed by atoms with Crippen LogP contribution in [0, 0.1) is 0 Å². The smallest absolute Gasteiger partial charge is 0.265 e. The number of amides is 1. The summed E-state index contributed by atoms with van der Waals surface area (Å²) >= 11 is 3.38. The topological polar surface area (TPSA) is 46.5 Å². The molecule has 0 saturated carbocycles. The molecule has 0 spiro atoms. The van der Waals surface area contributed by atoms with Gasteiger partial charge in [-0.25, -0.2) is 0 Å². The van der Waals surface area contributed by atoms with Crippen LogP contribution in [0.15, 0.2) is 59.2 Å². The number of rotatable bonds is 7. The molecule has 1 unspecified atom stereocenters. The lowest BCUT2D eigenvalue weighted by molar-refractivity contribution is -0.122. The highest BCUT2D eigenvalue weighted by Crippen LogP contribution is 2.22. The second kappa shape index (κ2) is 8.59. The van der Waals surface area contributed by atoms with E-state index >= 15 is 0 Å². The van der Waals surface area contributed by atoms with Crippen LogP contribution >= 0.6 is 15.9 Å². The molecule has 142 valence electrons. The van der Waals surface area contributed by atoms with Gasteiger partial charge in [-0.05, 0) is 69.6 Å². The Morgan fingerprint density at radius 3 is 2.63 bits per heavy atom. The highest BCUT2D eigenvalue weighted by molar-refractivity contribution is 9.10. The fourth-order valence-corrected chi connectivity index (χ4v) is 3.06. The second-order valence-electron chi connectivity index (χ2n) is 6.79. The number of carbonyl (C=O) groups excluding carboxylic acids is 1. The summed E-state index contributed by atoms with van der Waals surface area (Å²) in [4.78, 5) is 14.6. The van der Waals surface area contributed by atoms with Gasteiger partial charge in [0.25, 0.3) is 5.91 Å². The van der Waals surface area contributed by atoms with Crippen LogP contribution in [0.2, 0.25) is 0 Å². The van der Waals surface area contributed by atoms with Crippen molar-refractivity contribution < 1.29 is 9.53 Å². The van der Waals surface area contributed by atoms with E-state index in [9.17, 15) is 4.79 Å². The summed E-state index contributed by atoms with van der Waals surface area (Å²) in [5.74, 6) is 0.485. The molecule has 0 bridgehead atoms. The van der Waals surface area contributed by atoms with Crippen molar-refractivity contribution in [3.8, 4) is 5.75 Å². The van der Waals surface area contributed by atoms with Crippen molar-refractivity contribution in [2.75, 3.05) is 26.0 Å². The van der Waals surface area contributed by atoms with Crippen molar-refractivity contribution in [2.45, 2.75) is 19.6 Å². The zero-order chi connectivity index (χ0) is 19.4. The number of benzene rings is 2. The molecule has 0 saturated heterocycles. The molecule has 0 aliphatic carbocycles. The number of aromatic nitrogens is 1. The molecule has 0 radical (unpaired) electrons. The molecule has 1 N–H and O–H groups in total. The fourth-order valence-electron chi connectivity index (χ4n) is 2.80. The first-order valence-electron chi connectivity index (χ1n) is 8.89. The van der Waals surface area contributed by atoms with Gasteiger partial charge < -0.3 is 19.5 Å². The van der Waals surface area contributed by atoms with E-state index < -0.39 is 6.10 Å². The first kappa shape index (κ1) is 19.5. The Hall–Kier alpha value is -2.31. The van der Waals surface area contributed by atoms with Gasteiger partial charge >= 0.3 is 0 Å². The predicted octanol–water partition coefficient (Wildman–Crippen LogP) is 4.37. The molecular weight excluding hydrogens is 406 g/mol. The molecule has 1 aromatic heterocycles. The van der Waals surface area contributed by atoms with Crippen LogP contribution in [-0.2, 0) is 11.3 Å². The van der Waals surface area contributed by atoms with Crippen molar-refractivity contribution in [3.63, 3.8) is 0 Å². The molecule has 6 heteroatoms. The standard InChI is InChI=1S/C21H24BrN3O2/c1-15(27-19-7-4-17(22)5-8-19)21(26)23-18-6-9-20-16(14-18)10-11-25(20)13-12-24(2)3/h4-11,14-15H,12-13H2,1-3H3,(H,23,26). The molecule has 5 nitrogen and oxygen atoms in total. The lowest BCUT2D eigenvalue weighted by atomic mass is 10.2. The molecule has 2 aromatic carbocycles. The number of nitrogens with zero attached hydrogens (tertiary/aromatic N) is 2. The number of fused-ring (bicyclic) bond motifs is 1. The number of nitrogens with one attached hydrogen (secondary N) is 1. The Labute approximate surface area is 168 Å². The van der Waals surface area contributed by atoms with Crippen LogP contribution in [0.3, 0.4) is 0 Å². The van der Waals surface area contributed by atoms with Crippen molar-refractivity contribution in [3.05, 3.63) is 59.2 Å². The third-order valence-corrected chi connectivity index (χ3v) is 4.85. The summed E-state index contributed by atoms with van der Waals surface area (Å²) in [6, 6.07) is 15.5. The van der Waals surface area contributed by atoms with Gasteiger partial charge in [0, 0.05) is 40.3 Å². The van der Waals surface area contributed by atoms with Crippen molar-refractivity contribution in [1.29, 1.82) is 0 Å². The first-order chi connectivity index (χ1) is 12.9. The molecule has 1 amide bonds. The molecule has 0 aliphatic heterocycles. The largest absolute Gasteiger partial charge is 0.481 e. The zero-order valence-electron chi connectivity index (χ0n) is 15.8. The molecular formula is C21H24BrN3O2. The molecule has 0 fully saturated rings. The number of hydrogen-bond acceptors (Lipinski definition) is 3. The van der Waals surface area contributed by atoms with E-state index in [1.54, 1.807) is 6.92 Å². The molecule has 1 heterocycles. The number of ether oxygens (including phenoxy) is 1. The summed E-state index contributed by atoms with van der Waals surface area (Å²) in [6.45, 7) is 3.65. The summed E-state index contributed by atoms with van der Waals surface area (Å²) in [5.41, 5.74) is 1.93. The van der Waals surface area contributed by atoms with Crippen molar-refractivity contribution in [2.24, 2.45) is 0 Å². The second-order valence-corrected chi connectivity index (χ2v) is 7.70. The summed E-state index contributed by atoms with van der Waals surface area (Å²) in [7, 11) is 4.13. The Bertz CT molecular complexity index is 919. The Balaban J connectivity index is 1.64. The van der Waals surface area contributed by atoms with Gasteiger partial charge in [-0.1, -0.05) is 15.9 Å². The first-order valence-corrected chi connectivity index (χ1v) is 9.68. The van der Waals surface area contributed by atoms with Crippen LogP contribution < -0.4 is 10.1 Å². The van der Waals surface area contributed by atoms with Gasteiger partial charge in [-0.3, -0.25) is 4.79 Å². The van der Waals surface area contributed by atoms with E-state index in [1.165, 1.54) is 0 Å². The molecule has 3 aromatic rings. The minimum atomic E-state index is -0.591. The number of anilines is 1. The summed E-state index contributed by atoms with van der Waals surface area (Å²) in [6.07, 6.45) is 1.49. The molecule has 3 rings (SSSR count). The average molecular weight is 430 g/mol. The Kier molecular flexibility index (Phi) is 6.19. The third kappa shape index (κ3) is 5.11. The highest BCUT2D eigenvalue weighted by Gasteiger charge is 2.15. The maximum atomic E-state index is 12.4.